The maximum absolute atomic E-state index is 5.66. The van der Waals surface area contributed by atoms with Crippen LogP contribution < -0.4 is 10.1 Å². The third kappa shape index (κ3) is 3.68. The van der Waals surface area contributed by atoms with Crippen molar-refractivity contribution in [3.8, 4) is 5.88 Å². The molecule has 0 amide bonds. The number of ether oxygens (including phenoxy) is 2. The maximum atomic E-state index is 5.66. The van der Waals surface area contributed by atoms with Crippen molar-refractivity contribution in [2.24, 2.45) is 0 Å². The van der Waals surface area contributed by atoms with Crippen molar-refractivity contribution >= 4 is 0 Å². The number of nitrogens with zero attached hydrogens (tertiary/aromatic N) is 1. The zero-order valence-electron chi connectivity index (χ0n) is 10.3. The summed E-state index contributed by atoms with van der Waals surface area (Å²) in [5.74, 6) is 0.699. The van der Waals surface area contributed by atoms with Crippen molar-refractivity contribution in [3.05, 3.63) is 23.9 Å². The molecule has 4 heteroatoms. The van der Waals surface area contributed by atoms with Gasteiger partial charge in [-0.25, -0.2) is 4.98 Å². The summed E-state index contributed by atoms with van der Waals surface area (Å²) in [7, 11) is 1.65. The van der Waals surface area contributed by atoms with E-state index in [-0.39, 0.29) is 0 Å². The van der Waals surface area contributed by atoms with Gasteiger partial charge in [-0.05, 0) is 25.3 Å². The largest absolute Gasteiger partial charge is 0.481 e. The summed E-state index contributed by atoms with van der Waals surface area (Å²) in [5, 5.41) is 3.40. The first kappa shape index (κ1) is 12.3. The molecule has 1 saturated heterocycles. The molecule has 0 saturated carbocycles. The van der Waals surface area contributed by atoms with Crippen molar-refractivity contribution in [3.63, 3.8) is 0 Å². The van der Waals surface area contributed by atoms with Gasteiger partial charge in [-0.1, -0.05) is 6.07 Å². The number of hydrogen-bond donors (Lipinski definition) is 1. The van der Waals surface area contributed by atoms with Gasteiger partial charge in [0.1, 0.15) is 0 Å². The van der Waals surface area contributed by atoms with E-state index >= 15 is 0 Å². The molecule has 1 aliphatic heterocycles. The van der Waals surface area contributed by atoms with Gasteiger partial charge in [0, 0.05) is 31.5 Å². The van der Waals surface area contributed by atoms with Crippen molar-refractivity contribution in [2.75, 3.05) is 20.3 Å². The maximum Gasteiger partial charge on any atom is 0.217 e. The van der Waals surface area contributed by atoms with E-state index in [1.165, 1.54) is 12.8 Å². The molecule has 0 spiro atoms. The van der Waals surface area contributed by atoms with Crippen LogP contribution in [-0.2, 0) is 11.3 Å². The Morgan fingerprint density at radius 1 is 1.53 bits per heavy atom. The highest BCUT2D eigenvalue weighted by molar-refractivity contribution is 5.24. The second kappa shape index (κ2) is 6.57. The molecule has 2 heterocycles. The molecule has 1 unspecified atom stereocenters. The minimum absolute atomic E-state index is 0.367. The second-order valence-corrected chi connectivity index (χ2v) is 4.29. The average Bonchev–Trinajstić information content (AvgIpc) is 2.40. The monoisotopic (exact) mass is 236 g/mol. The van der Waals surface area contributed by atoms with Gasteiger partial charge in [0.25, 0.3) is 0 Å². The fraction of sp³-hybridized carbons (Fsp3) is 0.615. The van der Waals surface area contributed by atoms with E-state index in [4.69, 9.17) is 9.47 Å². The Morgan fingerprint density at radius 3 is 3.24 bits per heavy atom. The molecule has 4 nitrogen and oxygen atoms in total. The van der Waals surface area contributed by atoms with Crippen LogP contribution in [0.1, 0.15) is 24.8 Å². The molecular formula is C13H20N2O2. The fourth-order valence-electron chi connectivity index (χ4n) is 2.08. The van der Waals surface area contributed by atoms with Crippen LogP contribution in [0.4, 0.5) is 0 Å². The van der Waals surface area contributed by atoms with Crippen molar-refractivity contribution < 1.29 is 9.47 Å². The summed E-state index contributed by atoms with van der Waals surface area (Å²) in [4.78, 5) is 4.17. The summed E-state index contributed by atoms with van der Waals surface area (Å²) < 4.78 is 10.9. The third-order valence-corrected chi connectivity index (χ3v) is 3.00. The van der Waals surface area contributed by atoms with Gasteiger partial charge in [0.15, 0.2) is 0 Å². The number of methoxy groups -OCH3 is 1. The molecule has 0 aliphatic carbocycles. The smallest absolute Gasteiger partial charge is 0.217 e. The van der Waals surface area contributed by atoms with E-state index < -0.39 is 0 Å². The van der Waals surface area contributed by atoms with Gasteiger partial charge in [-0.3, -0.25) is 0 Å². The summed E-state index contributed by atoms with van der Waals surface area (Å²) in [6.45, 7) is 2.58. The Bertz CT molecular complexity index is 338. The van der Waals surface area contributed by atoms with Crippen LogP contribution in [0.15, 0.2) is 18.3 Å². The van der Waals surface area contributed by atoms with Gasteiger partial charge in [0.2, 0.25) is 5.88 Å². The molecule has 17 heavy (non-hydrogen) atoms. The molecular weight excluding hydrogens is 216 g/mol. The Labute approximate surface area is 102 Å². The lowest BCUT2D eigenvalue weighted by Crippen LogP contribution is -2.31. The van der Waals surface area contributed by atoms with E-state index in [2.05, 4.69) is 10.3 Å². The van der Waals surface area contributed by atoms with Crippen LogP contribution in [-0.4, -0.2) is 31.3 Å². The van der Waals surface area contributed by atoms with Crippen LogP contribution in [0.25, 0.3) is 0 Å². The van der Waals surface area contributed by atoms with E-state index in [0.29, 0.717) is 12.0 Å². The molecule has 1 atom stereocenters. The predicted octanol–water partition coefficient (Wildman–Crippen LogP) is 1.75. The van der Waals surface area contributed by atoms with Gasteiger partial charge in [-0.2, -0.15) is 0 Å². The summed E-state index contributed by atoms with van der Waals surface area (Å²) >= 11 is 0. The van der Waals surface area contributed by atoms with Crippen molar-refractivity contribution in [1.82, 2.24) is 10.3 Å². The number of aromatic nitrogens is 1. The highest BCUT2D eigenvalue weighted by Gasteiger charge is 2.13. The van der Waals surface area contributed by atoms with Gasteiger partial charge < -0.3 is 14.8 Å². The minimum atomic E-state index is 0.367. The van der Waals surface area contributed by atoms with E-state index in [1.807, 2.05) is 12.1 Å². The number of nitrogens with one attached hydrogen (secondary N) is 1. The normalized spacial score (nSPS) is 20.2. The number of hydrogen-bond acceptors (Lipinski definition) is 4. The highest BCUT2D eigenvalue weighted by atomic mass is 16.5. The molecule has 1 fully saturated rings. The Morgan fingerprint density at radius 2 is 2.47 bits per heavy atom. The lowest BCUT2D eigenvalue weighted by molar-refractivity contribution is 0.0167. The SMILES string of the molecule is COc1ncccc1CNCC1CCCCO1. The van der Waals surface area contributed by atoms with E-state index in [9.17, 15) is 0 Å². The lowest BCUT2D eigenvalue weighted by atomic mass is 10.1. The Kier molecular flexibility index (Phi) is 4.76. The van der Waals surface area contributed by atoms with Crippen molar-refractivity contribution in [2.45, 2.75) is 31.9 Å². The minimum Gasteiger partial charge on any atom is -0.481 e. The zero-order valence-corrected chi connectivity index (χ0v) is 10.3. The van der Waals surface area contributed by atoms with Crippen LogP contribution in [0.2, 0.25) is 0 Å². The predicted molar refractivity (Wildman–Crippen MR) is 66.1 cm³/mol. The molecule has 0 aromatic carbocycles. The highest BCUT2D eigenvalue weighted by Crippen LogP contribution is 2.14. The van der Waals surface area contributed by atoms with E-state index in [1.54, 1.807) is 13.3 Å². The molecule has 1 N–H and O–H groups in total. The standard InChI is InChI=1S/C13H20N2O2/c1-16-13-11(5-4-7-15-13)9-14-10-12-6-2-3-8-17-12/h4-5,7,12,14H,2-3,6,8-10H2,1H3. The molecule has 94 valence electrons. The first-order valence-electron chi connectivity index (χ1n) is 6.20. The summed E-state index contributed by atoms with van der Waals surface area (Å²) in [6, 6.07) is 3.96. The summed E-state index contributed by atoms with van der Waals surface area (Å²) in [5.41, 5.74) is 1.09. The molecule has 1 aliphatic rings. The molecule has 1 aromatic rings. The van der Waals surface area contributed by atoms with Gasteiger partial charge >= 0.3 is 0 Å². The average molecular weight is 236 g/mol. The fourth-order valence-corrected chi connectivity index (χ4v) is 2.08. The quantitative estimate of drug-likeness (QED) is 0.846. The van der Waals surface area contributed by atoms with Crippen LogP contribution in [0.3, 0.4) is 0 Å². The number of rotatable bonds is 5. The van der Waals surface area contributed by atoms with Crippen molar-refractivity contribution in [1.29, 1.82) is 0 Å². The molecule has 2 rings (SSSR count). The van der Waals surface area contributed by atoms with Gasteiger partial charge in [-0.15, -0.1) is 0 Å². The van der Waals surface area contributed by atoms with Crippen LogP contribution in [0.5, 0.6) is 5.88 Å². The topological polar surface area (TPSA) is 43.4 Å². The zero-order chi connectivity index (χ0) is 11.9. The van der Waals surface area contributed by atoms with Crippen LogP contribution in [0, 0.1) is 0 Å². The summed E-state index contributed by atoms with van der Waals surface area (Å²) in [6.07, 6.45) is 5.76. The first-order valence-corrected chi connectivity index (χ1v) is 6.20. The molecule has 0 bridgehead atoms. The Hall–Kier alpha value is -1.13. The third-order valence-electron chi connectivity index (χ3n) is 3.00. The Balaban J connectivity index is 1.77. The number of pyridine rings is 1. The van der Waals surface area contributed by atoms with Gasteiger partial charge in [0.05, 0.1) is 13.2 Å². The van der Waals surface area contributed by atoms with E-state index in [0.717, 1.165) is 31.7 Å². The first-order chi connectivity index (χ1) is 8.40. The second-order valence-electron chi connectivity index (χ2n) is 4.29. The van der Waals surface area contributed by atoms with Crippen LogP contribution >= 0.6 is 0 Å². The lowest BCUT2D eigenvalue weighted by Gasteiger charge is -2.22. The molecule has 1 aromatic heterocycles. The molecule has 0 radical (unpaired) electrons.